The number of methoxy groups -OCH3 is 1. The fourth-order valence-corrected chi connectivity index (χ4v) is 4.02. The number of nitrogens with zero attached hydrogens (tertiary/aromatic N) is 2. The van der Waals surface area contributed by atoms with Crippen molar-refractivity contribution in [2.24, 2.45) is 0 Å². The van der Waals surface area contributed by atoms with Crippen LogP contribution in [0.3, 0.4) is 0 Å². The lowest BCUT2D eigenvalue weighted by Crippen LogP contribution is -2.58. The van der Waals surface area contributed by atoms with Gasteiger partial charge in [0.15, 0.2) is 17.6 Å². The van der Waals surface area contributed by atoms with Gasteiger partial charge in [-0.25, -0.2) is 0 Å². The normalized spacial score (nSPS) is 20.1. The third-order valence-electron chi connectivity index (χ3n) is 5.76. The molecule has 8 heteroatoms. The maximum atomic E-state index is 12.4. The smallest absolute Gasteiger partial charge is 0.238 e. The molecule has 4 rings (SSSR count). The molecule has 0 radical (unpaired) electrons. The summed E-state index contributed by atoms with van der Waals surface area (Å²) < 4.78 is 17.1. The molecule has 1 amide bonds. The number of hydrogen-bond donors (Lipinski definition) is 2. The average Bonchev–Trinajstić information content (AvgIpc) is 2.81. The summed E-state index contributed by atoms with van der Waals surface area (Å²) in [5, 5.41) is 12.9. The number of anilines is 1. The Hall–Kier alpha value is -2.81. The van der Waals surface area contributed by atoms with Crippen molar-refractivity contribution in [3.63, 3.8) is 0 Å². The number of carbonyl (C=O) groups excluding carboxylic acids is 1. The zero-order chi connectivity index (χ0) is 21.6. The summed E-state index contributed by atoms with van der Waals surface area (Å²) in [6.45, 7) is 3.74. The van der Waals surface area contributed by atoms with Gasteiger partial charge in [-0.05, 0) is 36.4 Å². The number of nitrogens with one attached hydrogen (secondary N) is 1. The predicted molar refractivity (Wildman–Crippen MR) is 117 cm³/mol. The Morgan fingerprint density at radius 2 is 1.84 bits per heavy atom. The molecule has 1 fully saturated rings. The molecule has 2 aliphatic heterocycles. The van der Waals surface area contributed by atoms with E-state index in [1.165, 1.54) is 0 Å². The van der Waals surface area contributed by atoms with Gasteiger partial charge in [0.05, 0.1) is 26.3 Å². The van der Waals surface area contributed by atoms with Crippen molar-refractivity contribution in [3.05, 3.63) is 48.5 Å². The van der Waals surface area contributed by atoms with Gasteiger partial charge >= 0.3 is 0 Å². The van der Waals surface area contributed by atoms with E-state index >= 15 is 0 Å². The summed E-state index contributed by atoms with van der Waals surface area (Å²) in [6, 6.07) is 14.7. The zero-order valence-electron chi connectivity index (χ0n) is 17.7. The highest BCUT2D eigenvalue weighted by Gasteiger charge is 2.34. The number of hydrogen-bond acceptors (Lipinski definition) is 7. The van der Waals surface area contributed by atoms with E-state index in [2.05, 4.69) is 15.1 Å². The van der Waals surface area contributed by atoms with Crippen molar-refractivity contribution in [2.45, 2.75) is 12.1 Å². The van der Waals surface area contributed by atoms with Crippen LogP contribution >= 0.6 is 0 Å². The zero-order valence-corrected chi connectivity index (χ0v) is 17.7. The largest absolute Gasteiger partial charge is 0.497 e. The molecule has 8 nitrogen and oxygen atoms in total. The summed E-state index contributed by atoms with van der Waals surface area (Å²) in [5.41, 5.74) is 0.750. The first-order valence-electron chi connectivity index (χ1n) is 10.6. The fourth-order valence-electron chi connectivity index (χ4n) is 4.02. The number of para-hydroxylation sites is 2. The lowest BCUT2D eigenvalue weighted by Gasteiger charge is -2.42. The Bertz CT molecular complexity index is 868. The molecule has 0 bridgehead atoms. The van der Waals surface area contributed by atoms with Crippen molar-refractivity contribution >= 4 is 11.6 Å². The molecule has 0 saturated carbocycles. The lowest BCUT2D eigenvalue weighted by atomic mass is 10.1. The van der Waals surface area contributed by atoms with E-state index in [4.69, 9.17) is 14.2 Å². The van der Waals surface area contributed by atoms with Gasteiger partial charge in [0.25, 0.3) is 0 Å². The molecule has 2 unspecified atom stereocenters. The number of rotatable bonds is 7. The van der Waals surface area contributed by atoms with Crippen molar-refractivity contribution < 1.29 is 24.1 Å². The quantitative estimate of drug-likeness (QED) is 0.692. The summed E-state index contributed by atoms with van der Waals surface area (Å²) in [4.78, 5) is 16.7. The van der Waals surface area contributed by atoms with E-state index in [9.17, 15) is 9.90 Å². The van der Waals surface area contributed by atoms with Gasteiger partial charge in [0, 0.05) is 31.9 Å². The van der Waals surface area contributed by atoms with Crippen molar-refractivity contribution in [1.82, 2.24) is 9.80 Å². The van der Waals surface area contributed by atoms with Crippen LogP contribution in [-0.4, -0.2) is 86.0 Å². The highest BCUT2D eigenvalue weighted by atomic mass is 16.6. The molecule has 2 aliphatic rings. The monoisotopic (exact) mass is 427 g/mol. The third-order valence-corrected chi connectivity index (χ3v) is 5.76. The molecule has 0 aliphatic carbocycles. The van der Waals surface area contributed by atoms with E-state index in [1.807, 2.05) is 48.5 Å². The SMILES string of the molecule is COc1ccc(NC(=O)CN2CCN(C(CO)C3COc4ccccc4O3)CC2)cc1. The predicted octanol–water partition coefficient (Wildman–Crippen LogP) is 1.45. The Kier molecular flexibility index (Phi) is 6.91. The topological polar surface area (TPSA) is 83.5 Å². The molecule has 2 atom stereocenters. The minimum absolute atomic E-state index is 0.00580. The number of amides is 1. The number of aliphatic hydroxyl groups is 1. The summed E-state index contributed by atoms with van der Waals surface area (Å²) in [6.07, 6.45) is -0.232. The van der Waals surface area contributed by atoms with Crippen LogP contribution in [0.2, 0.25) is 0 Å². The minimum Gasteiger partial charge on any atom is -0.497 e. The number of ether oxygens (including phenoxy) is 3. The Balaban J connectivity index is 1.26. The second-order valence-electron chi connectivity index (χ2n) is 7.75. The van der Waals surface area contributed by atoms with Crippen LogP contribution in [0.15, 0.2) is 48.5 Å². The Labute approximate surface area is 182 Å². The first-order chi connectivity index (χ1) is 15.2. The third kappa shape index (κ3) is 5.28. The van der Waals surface area contributed by atoms with Crippen molar-refractivity contribution in [3.8, 4) is 17.2 Å². The summed E-state index contributed by atoms with van der Waals surface area (Å²) in [5.74, 6) is 2.16. The van der Waals surface area contributed by atoms with Crippen LogP contribution < -0.4 is 19.5 Å². The molecule has 0 aromatic heterocycles. The van der Waals surface area contributed by atoms with Gasteiger partial charge in [-0.2, -0.15) is 0 Å². The summed E-state index contributed by atoms with van der Waals surface area (Å²) in [7, 11) is 1.61. The molecule has 2 aromatic rings. The van der Waals surface area contributed by atoms with Crippen LogP contribution in [0.1, 0.15) is 0 Å². The molecular formula is C23H29N3O5. The maximum absolute atomic E-state index is 12.4. The van der Waals surface area contributed by atoms with Gasteiger partial charge in [0.1, 0.15) is 12.4 Å². The number of carbonyl (C=O) groups is 1. The van der Waals surface area contributed by atoms with Gasteiger partial charge < -0.3 is 24.6 Å². The Morgan fingerprint density at radius 3 is 2.52 bits per heavy atom. The highest BCUT2D eigenvalue weighted by molar-refractivity contribution is 5.92. The minimum atomic E-state index is -0.232. The number of aliphatic hydroxyl groups excluding tert-OH is 1. The maximum Gasteiger partial charge on any atom is 0.238 e. The molecule has 31 heavy (non-hydrogen) atoms. The van der Waals surface area contributed by atoms with E-state index in [0.717, 1.165) is 43.4 Å². The van der Waals surface area contributed by atoms with E-state index < -0.39 is 0 Å². The van der Waals surface area contributed by atoms with Crippen LogP contribution in [0.5, 0.6) is 17.2 Å². The van der Waals surface area contributed by atoms with Gasteiger partial charge in [0.2, 0.25) is 5.91 Å². The molecule has 2 heterocycles. The fraction of sp³-hybridized carbons (Fsp3) is 0.435. The van der Waals surface area contributed by atoms with E-state index in [-0.39, 0.29) is 24.7 Å². The molecule has 1 saturated heterocycles. The van der Waals surface area contributed by atoms with Gasteiger partial charge in [-0.3, -0.25) is 14.6 Å². The molecule has 166 valence electrons. The average molecular weight is 428 g/mol. The first kappa shape index (κ1) is 21.4. The first-order valence-corrected chi connectivity index (χ1v) is 10.6. The van der Waals surface area contributed by atoms with Gasteiger partial charge in [-0.15, -0.1) is 0 Å². The standard InChI is InChI=1S/C23H29N3O5/c1-29-18-8-6-17(7-9-18)24-23(28)14-25-10-12-26(13-11-25)19(15-27)22-16-30-20-4-2-3-5-21(20)31-22/h2-9,19,22,27H,10-16H2,1H3,(H,24,28). The number of fused-ring (bicyclic) bond motifs is 1. The van der Waals surface area contributed by atoms with E-state index in [1.54, 1.807) is 7.11 Å². The van der Waals surface area contributed by atoms with Crippen LogP contribution in [0.4, 0.5) is 5.69 Å². The van der Waals surface area contributed by atoms with Crippen LogP contribution in [0, 0.1) is 0 Å². The second-order valence-corrected chi connectivity index (χ2v) is 7.75. The Morgan fingerprint density at radius 1 is 1.13 bits per heavy atom. The van der Waals surface area contributed by atoms with Crippen LogP contribution in [-0.2, 0) is 4.79 Å². The van der Waals surface area contributed by atoms with Crippen molar-refractivity contribution in [1.29, 1.82) is 0 Å². The van der Waals surface area contributed by atoms with Gasteiger partial charge in [-0.1, -0.05) is 12.1 Å². The summed E-state index contributed by atoms with van der Waals surface area (Å²) >= 11 is 0. The highest BCUT2D eigenvalue weighted by Crippen LogP contribution is 2.32. The molecule has 2 N–H and O–H groups in total. The van der Waals surface area contributed by atoms with E-state index in [0.29, 0.717) is 18.9 Å². The van der Waals surface area contributed by atoms with Crippen LogP contribution in [0.25, 0.3) is 0 Å². The molecule has 0 spiro atoms. The second kappa shape index (κ2) is 10.00. The number of piperazine rings is 1. The lowest BCUT2D eigenvalue weighted by molar-refractivity contribution is -0.118. The van der Waals surface area contributed by atoms with Crippen molar-refractivity contribution in [2.75, 3.05) is 58.4 Å². The molecule has 2 aromatic carbocycles. The molecular weight excluding hydrogens is 398 g/mol. The number of benzene rings is 2.